The number of carbonyl (C=O) groups excluding carboxylic acids is 1. The molecule has 1 aliphatic heterocycles. The van der Waals surface area contributed by atoms with Gasteiger partial charge in [0.25, 0.3) is 0 Å². The van der Waals surface area contributed by atoms with E-state index in [1.807, 2.05) is 19.1 Å². The zero-order valence-electron chi connectivity index (χ0n) is 13.3. The minimum atomic E-state index is -0.198. The van der Waals surface area contributed by atoms with Gasteiger partial charge >= 0.3 is 5.97 Å². The molecule has 1 N–H and O–H groups in total. The number of rotatable bonds is 9. The molecule has 2 rings (SSSR count). The fourth-order valence-corrected chi connectivity index (χ4v) is 2.31. The van der Waals surface area contributed by atoms with Crippen LogP contribution >= 0.6 is 0 Å². The third-order valence-electron chi connectivity index (χ3n) is 3.36. The second kappa shape index (κ2) is 8.60. The van der Waals surface area contributed by atoms with Gasteiger partial charge in [0, 0.05) is 6.54 Å². The van der Waals surface area contributed by atoms with Crippen LogP contribution in [0, 0.1) is 0 Å². The summed E-state index contributed by atoms with van der Waals surface area (Å²) in [5.74, 6) is 1.44. The van der Waals surface area contributed by atoms with Crippen LogP contribution < -0.4 is 14.8 Å². The lowest BCUT2D eigenvalue weighted by Crippen LogP contribution is -2.28. The first-order valence-electron chi connectivity index (χ1n) is 7.62. The molecular formula is C16H24N2O4. The Labute approximate surface area is 131 Å². The first-order valence-corrected chi connectivity index (χ1v) is 7.62. The van der Waals surface area contributed by atoms with E-state index in [0.717, 1.165) is 37.6 Å². The van der Waals surface area contributed by atoms with E-state index in [1.54, 1.807) is 0 Å². The maximum atomic E-state index is 11.2. The smallest absolute Gasteiger partial charge is 0.319 e. The van der Waals surface area contributed by atoms with Gasteiger partial charge in [-0.15, -0.1) is 0 Å². The summed E-state index contributed by atoms with van der Waals surface area (Å²) >= 11 is 0. The topological polar surface area (TPSA) is 60.0 Å². The Morgan fingerprint density at radius 3 is 3.00 bits per heavy atom. The van der Waals surface area contributed by atoms with Crippen LogP contribution in [0.25, 0.3) is 0 Å². The van der Waals surface area contributed by atoms with E-state index in [1.165, 1.54) is 5.56 Å². The highest BCUT2D eigenvalue weighted by Crippen LogP contribution is 2.32. The molecule has 122 valence electrons. The van der Waals surface area contributed by atoms with Crippen molar-refractivity contribution in [2.75, 3.05) is 40.1 Å². The van der Waals surface area contributed by atoms with Crippen molar-refractivity contribution in [3.8, 4) is 11.5 Å². The number of nitrogens with one attached hydrogen (secondary N) is 1. The number of fused-ring (bicyclic) bond motifs is 1. The molecule has 6 nitrogen and oxygen atoms in total. The van der Waals surface area contributed by atoms with Gasteiger partial charge in [-0.2, -0.15) is 0 Å². The van der Waals surface area contributed by atoms with Gasteiger partial charge in [0.2, 0.25) is 6.79 Å². The molecule has 6 heteroatoms. The summed E-state index contributed by atoms with van der Waals surface area (Å²) in [4.78, 5) is 13.4. The molecule has 0 saturated carbocycles. The van der Waals surface area contributed by atoms with Crippen LogP contribution in [0.1, 0.15) is 18.9 Å². The monoisotopic (exact) mass is 308 g/mol. The number of hydrogen-bond donors (Lipinski definition) is 1. The van der Waals surface area contributed by atoms with E-state index >= 15 is 0 Å². The van der Waals surface area contributed by atoms with Crippen molar-refractivity contribution in [2.24, 2.45) is 0 Å². The standard InChI is InChI=1S/C16H24N2O4/c1-3-20-16(19)10-17-7-4-8-18(2)11-13-5-6-14-15(9-13)22-12-21-14/h5-6,9,17H,3-4,7-8,10-12H2,1-2H3. The molecule has 1 heterocycles. The van der Waals surface area contributed by atoms with Crippen molar-refractivity contribution >= 4 is 5.97 Å². The number of carbonyl (C=O) groups is 1. The number of benzene rings is 1. The molecule has 1 aromatic carbocycles. The summed E-state index contributed by atoms with van der Waals surface area (Å²) in [6.07, 6.45) is 0.973. The summed E-state index contributed by atoms with van der Waals surface area (Å²) in [7, 11) is 2.08. The van der Waals surface area contributed by atoms with E-state index < -0.39 is 0 Å². The molecule has 0 atom stereocenters. The lowest BCUT2D eigenvalue weighted by molar-refractivity contribution is -0.141. The largest absolute Gasteiger partial charge is 0.465 e. The zero-order valence-corrected chi connectivity index (χ0v) is 13.3. The van der Waals surface area contributed by atoms with Crippen LogP contribution in [0.5, 0.6) is 11.5 Å². The van der Waals surface area contributed by atoms with E-state index in [-0.39, 0.29) is 12.5 Å². The van der Waals surface area contributed by atoms with Gasteiger partial charge in [0.15, 0.2) is 11.5 Å². The predicted molar refractivity (Wildman–Crippen MR) is 83.0 cm³/mol. The second-order valence-electron chi connectivity index (χ2n) is 5.26. The van der Waals surface area contributed by atoms with Gasteiger partial charge in [-0.3, -0.25) is 4.79 Å². The van der Waals surface area contributed by atoms with E-state index in [2.05, 4.69) is 23.3 Å². The lowest BCUT2D eigenvalue weighted by Gasteiger charge is -2.17. The SMILES string of the molecule is CCOC(=O)CNCCCN(C)Cc1ccc2c(c1)OCO2. The van der Waals surface area contributed by atoms with Crippen molar-refractivity contribution < 1.29 is 19.0 Å². The highest BCUT2D eigenvalue weighted by molar-refractivity contribution is 5.71. The van der Waals surface area contributed by atoms with Crippen LogP contribution in [-0.4, -0.2) is 51.0 Å². The third kappa shape index (κ3) is 5.20. The number of ether oxygens (including phenoxy) is 3. The van der Waals surface area contributed by atoms with Gasteiger partial charge in [-0.25, -0.2) is 0 Å². The van der Waals surface area contributed by atoms with Crippen LogP contribution in [-0.2, 0) is 16.1 Å². The van der Waals surface area contributed by atoms with E-state index in [0.29, 0.717) is 13.4 Å². The van der Waals surface area contributed by atoms with Crippen molar-refractivity contribution in [3.05, 3.63) is 23.8 Å². The molecule has 0 fully saturated rings. The van der Waals surface area contributed by atoms with Gasteiger partial charge in [0.05, 0.1) is 13.2 Å². The normalized spacial score (nSPS) is 12.7. The Balaban J connectivity index is 1.62. The summed E-state index contributed by atoms with van der Waals surface area (Å²) in [6, 6.07) is 6.03. The minimum absolute atomic E-state index is 0.198. The molecule has 0 aromatic heterocycles. The maximum Gasteiger partial charge on any atom is 0.319 e. The Morgan fingerprint density at radius 2 is 2.18 bits per heavy atom. The molecule has 1 aliphatic rings. The van der Waals surface area contributed by atoms with E-state index in [9.17, 15) is 4.79 Å². The first kappa shape index (κ1) is 16.6. The Kier molecular flexibility index (Phi) is 6.48. The third-order valence-corrected chi connectivity index (χ3v) is 3.36. The summed E-state index contributed by atoms with van der Waals surface area (Å²) < 4.78 is 15.5. The van der Waals surface area contributed by atoms with Gasteiger partial charge < -0.3 is 24.4 Å². The Morgan fingerprint density at radius 1 is 1.36 bits per heavy atom. The molecule has 0 bridgehead atoms. The average Bonchev–Trinajstić information content (AvgIpc) is 2.94. The molecule has 1 aromatic rings. The van der Waals surface area contributed by atoms with Crippen LogP contribution in [0.4, 0.5) is 0 Å². The zero-order chi connectivity index (χ0) is 15.8. The fraction of sp³-hybridized carbons (Fsp3) is 0.562. The summed E-state index contributed by atoms with van der Waals surface area (Å²) in [5.41, 5.74) is 1.20. The van der Waals surface area contributed by atoms with Gasteiger partial charge in [-0.05, 0) is 51.2 Å². The Hall–Kier alpha value is -1.79. The molecule has 0 amide bonds. The first-order chi connectivity index (χ1) is 10.7. The summed E-state index contributed by atoms with van der Waals surface area (Å²) in [5, 5.41) is 3.09. The van der Waals surface area contributed by atoms with Crippen molar-refractivity contribution in [1.82, 2.24) is 10.2 Å². The quantitative estimate of drug-likeness (QED) is 0.549. The van der Waals surface area contributed by atoms with Crippen molar-refractivity contribution in [2.45, 2.75) is 19.9 Å². The molecule has 22 heavy (non-hydrogen) atoms. The molecule has 0 radical (unpaired) electrons. The molecule has 0 unspecified atom stereocenters. The Bertz CT molecular complexity index is 493. The van der Waals surface area contributed by atoms with Crippen LogP contribution in [0.3, 0.4) is 0 Å². The number of esters is 1. The fourth-order valence-electron chi connectivity index (χ4n) is 2.31. The van der Waals surface area contributed by atoms with Crippen LogP contribution in [0.15, 0.2) is 18.2 Å². The average molecular weight is 308 g/mol. The van der Waals surface area contributed by atoms with E-state index in [4.69, 9.17) is 14.2 Å². The second-order valence-corrected chi connectivity index (χ2v) is 5.26. The summed E-state index contributed by atoms with van der Waals surface area (Å²) in [6.45, 7) is 5.42. The minimum Gasteiger partial charge on any atom is -0.465 e. The highest BCUT2D eigenvalue weighted by Gasteiger charge is 2.13. The van der Waals surface area contributed by atoms with Crippen LogP contribution in [0.2, 0.25) is 0 Å². The molecule has 0 saturated heterocycles. The van der Waals surface area contributed by atoms with Gasteiger partial charge in [-0.1, -0.05) is 6.07 Å². The predicted octanol–water partition coefficient (Wildman–Crippen LogP) is 1.39. The lowest BCUT2D eigenvalue weighted by atomic mass is 10.2. The molecule has 0 spiro atoms. The molecular weight excluding hydrogens is 284 g/mol. The van der Waals surface area contributed by atoms with Crippen molar-refractivity contribution in [1.29, 1.82) is 0 Å². The number of hydrogen-bond acceptors (Lipinski definition) is 6. The van der Waals surface area contributed by atoms with Crippen molar-refractivity contribution in [3.63, 3.8) is 0 Å². The maximum absolute atomic E-state index is 11.2. The highest BCUT2D eigenvalue weighted by atomic mass is 16.7. The molecule has 0 aliphatic carbocycles. The number of nitrogens with zero attached hydrogens (tertiary/aromatic N) is 1. The van der Waals surface area contributed by atoms with Gasteiger partial charge in [0.1, 0.15) is 0 Å².